The van der Waals surface area contributed by atoms with Crippen LogP contribution in [-0.4, -0.2) is 17.9 Å². The number of hydrogen-bond acceptors (Lipinski definition) is 3. The first-order chi connectivity index (χ1) is 15.0. The number of carbonyl (C=O) groups excluding carboxylic acids is 2. The molecule has 0 spiro atoms. The van der Waals surface area contributed by atoms with E-state index in [1.807, 2.05) is 54.6 Å². The van der Waals surface area contributed by atoms with Gasteiger partial charge in [-0.25, -0.2) is 0 Å². The van der Waals surface area contributed by atoms with Crippen LogP contribution < -0.4 is 15.5 Å². The predicted molar refractivity (Wildman–Crippen MR) is 123 cm³/mol. The number of piperidine rings is 1. The first-order valence-corrected chi connectivity index (χ1v) is 10.7. The van der Waals surface area contributed by atoms with Crippen LogP contribution in [0.3, 0.4) is 0 Å². The summed E-state index contributed by atoms with van der Waals surface area (Å²) in [4.78, 5) is 27.5. The minimum absolute atomic E-state index is 0.116. The predicted octanol–water partition coefficient (Wildman–Crippen LogP) is 4.54. The second-order valence-electron chi connectivity index (χ2n) is 7.99. The van der Waals surface area contributed by atoms with Gasteiger partial charge in [0.25, 0.3) is 5.91 Å². The van der Waals surface area contributed by atoms with Gasteiger partial charge in [-0.15, -0.1) is 0 Å². The summed E-state index contributed by atoms with van der Waals surface area (Å²) < 4.78 is 0. The van der Waals surface area contributed by atoms with E-state index < -0.39 is 6.04 Å². The topological polar surface area (TPSA) is 61.4 Å². The Morgan fingerprint density at radius 2 is 1.84 bits per heavy atom. The van der Waals surface area contributed by atoms with E-state index in [1.165, 1.54) is 0 Å². The smallest absolute Gasteiger partial charge is 0.259 e. The Hall–Kier alpha value is -3.15. The number of halogens is 1. The summed E-state index contributed by atoms with van der Waals surface area (Å²) in [6, 6.07) is 17.0. The van der Waals surface area contributed by atoms with Crippen LogP contribution in [0.1, 0.15) is 34.3 Å². The van der Waals surface area contributed by atoms with Crippen LogP contribution in [0.2, 0.25) is 5.02 Å². The second kappa shape index (κ2) is 7.84. The lowest BCUT2D eigenvalue weighted by molar-refractivity contribution is -0.122. The van der Waals surface area contributed by atoms with Gasteiger partial charge in [0.2, 0.25) is 5.91 Å². The summed E-state index contributed by atoms with van der Waals surface area (Å²) in [5, 5.41) is 8.93. The third-order valence-electron chi connectivity index (χ3n) is 6.04. The van der Waals surface area contributed by atoms with Crippen LogP contribution in [0.5, 0.6) is 0 Å². The van der Waals surface area contributed by atoms with E-state index >= 15 is 0 Å². The monoisotopic (exact) mass is 431 g/mol. The number of hydrogen-bond donors (Lipinski definition) is 2. The highest BCUT2D eigenvalue weighted by Gasteiger charge is 2.39. The van der Waals surface area contributed by atoms with Crippen molar-refractivity contribution in [3.05, 3.63) is 88.6 Å². The van der Waals surface area contributed by atoms with Gasteiger partial charge in [0, 0.05) is 34.8 Å². The lowest BCUT2D eigenvalue weighted by Crippen LogP contribution is -2.51. The van der Waals surface area contributed by atoms with Crippen molar-refractivity contribution in [2.45, 2.75) is 32.0 Å². The van der Waals surface area contributed by atoms with Crippen molar-refractivity contribution < 1.29 is 9.59 Å². The van der Waals surface area contributed by atoms with Gasteiger partial charge in [0.05, 0.1) is 5.69 Å². The van der Waals surface area contributed by atoms with Crippen molar-refractivity contribution >= 4 is 39.9 Å². The molecule has 3 aromatic rings. The number of amides is 2. The van der Waals surface area contributed by atoms with Gasteiger partial charge in [0.15, 0.2) is 0 Å². The molecule has 1 unspecified atom stereocenters. The molecule has 3 aromatic carbocycles. The molecule has 2 amide bonds. The van der Waals surface area contributed by atoms with E-state index in [4.69, 9.17) is 11.6 Å². The van der Waals surface area contributed by atoms with Crippen LogP contribution in [0.4, 0.5) is 5.69 Å². The van der Waals surface area contributed by atoms with Crippen molar-refractivity contribution in [2.75, 3.05) is 4.90 Å². The number of carbonyl (C=O) groups is 2. The highest BCUT2D eigenvalue weighted by atomic mass is 35.5. The van der Waals surface area contributed by atoms with E-state index in [-0.39, 0.29) is 11.8 Å². The molecule has 0 aliphatic carbocycles. The number of nitrogens with zero attached hydrogens (tertiary/aromatic N) is 1. The van der Waals surface area contributed by atoms with E-state index in [0.717, 1.165) is 32.6 Å². The minimum atomic E-state index is -0.516. The standard InChI is InChI=1S/C25H22ClN3O2/c1-15-9-12-22(24(30)28-15)29-21-8-4-6-18-16(10-11-19(23(18)21)25(29)31)13-27-14-17-5-2-3-7-20(17)26/h2-8,10-11,22,27H,1,9,12-14H2,(H,28,30). The Bertz CT molecular complexity index is 1240. The van der Waals surface area contributed by atoms with Crippen molar-refractivity contribution in [3.63, 3.8) is 0 Å². The second-order valence-corrected chi connectivity index (χ2v) is 8.40. The highest BCUT2D eigenvalue weighted by molar-refractivity contribution is 6.31. The van der Waals surface area contributed by atoms with Crippen LogP contribution in [0.15, 0.2) is 66.9 Å². The van der Waals surface area contributed by atoms with Gasteiger partial charge in [-0.2, -0.15) is 0 Å². The summed E-state index contributed by atoms with van der Waals surface area (Å²) in [5.74, 6) is -0.287. The van der Waals surface area contributed by atoms with Crippen molar-refractivity contribution in [2.24, 2.45) is 0 Å². The third-order valence-corrected chi connectivity index (χ3v) is 6.41. The zero-order valence-electron chi connectivity index (χ0n) is 17.0. The van der Waals surface area contributed by atoms with Gasteiger partial charge >= 0.3 is 0 Å². The number of benzene rings is 3. The molecule has 6 heteroatoms. The maximum atomic E-state index is 13.2. The Morgan fingerprint density at radius 1 is 1.03 bits per heavy atom. The first-order valence-electron chi connectivity index (χ1n) is 10.4. The summed E-state index contributed by atoms with van der Waals surface area (Å²) in [7, 11) is 0. The molecular formula is C25H22ClN3O2. The van der Waals surface area contributed by atoms with Crippen LogP contribution in [0.25, 0.3) is 10.8 Å². The fourth-order valence-corrected chi connectivity index (χ4v) is 4.71. The highest BCUT2D eigenvalue weighted by Crippen LogP contribution is 2.41. The molecule has 1 fully saturated rings. The van der Waals surface area contributed by atoms with Crippen molar-refractivity contribution in [1.29, 1.82) is 0 Å². The number of rotatable bonds is 5. The van der Waals surface area contributed by atoms with E-state index in [1.54, 1.807) is 4.90 Å². The average molecular weight is 432 g/mol. The fourth-order valence-electron chi connectivity index (χ4n) is 4.51. The van der Waals surface area contributed by atoms with Gasteiger partial charge in [-0.05, 0) is 47.6 Å². The largest absolute Gasteiger partial charge is 0.329 e. The summed E-state index contributed by atoms with van der Waals surface area (Å²) in [6.45, 7) is 5.13. The van der Waals surface area contributed by atoms with E-state index in [2.05, 4.69) is 17.2 Å². The molecule has 0 saturated carbocycles. The summed E-state index contributed by atoms with van der Waals surface area (Å²) in [5.41, 5.74) is 4.30. The molecule has 1 saturated heterocycles. The molecule has 2 aliphatic heterocycles. The van der Waals surface area contributed by atoms with Gasteiger partial charge in [-0.1, -0.05) is 54.6 Å². The molecule has 2 heterocycles. The van der Waals surface area contributed by atoms with Gasteiger partial charge in [-0.3, -0.25) is 14.5 Å². The van der Waals surface area contributed by atoms with Gasteiger partial charge < -0.3 is 10.6 Å². The molecule has 0 bridgehead atoms. The maximum absolute atomic E-state index is 13.2. The summed E-state index contributed by atoms with van der Waals surface area (Å²) in [6.07, 6.45) is 1.25. The molecule has 2 aliphatic rings. The maximum Gasteiger partial charge on any atom is 0.259 e. The molecule has 0 radical (unpaired) electrons. The molecule has 5 nitrogen and oxygen atoms in total. The lowest BCUT2D eigenvalue weighted by atomic mass is 10.00. The molecule has 2 N–H and O–H groups in total. The first kappa shape index (κ1) is 19.8. The van der Waals surface area contributed by atoms with Crippen molar-refractivity contribution in [1.82, 2.24) is 10.6 Å². The third kappa shape index (κ3) is 3.40. The number of nitrogens with one attached hydrogen (secondary N) is 2. The number of anilines is 1. The van der Waals surface area contributed by atoms with Crippen LogP contribution in [-0.2, 0) is 17.9 Å². The van der Waals surface area contributed by atoms with Crippen LogP contribution in [0, 0.1) is 0 Å². The molecule has 0 aromatic heterocycles. The SMILES string of the molecule is C=C1CCC(N2C(=O)c3ccc(CNCc4ccccc4Cl)c4cccc2c34)C(=O)N1. The normalized spacial score (nSPS) is 18.0. The Morgan fingerprint density at radius 3 is 2.65 bits per heavy atom. The Balaban J connectivity index is 1.45. The Kier molecular flexibility index (Phi) is 5.00. The fraction of sp³-hybridized carbons (Fsp3) is 0.200. The quantitative estimate of drug-likeness (QED) is 0.623. The van der Waals surface area contributed by atoms with Gasteiger partial charge in [0.1, 0.15) is 6.04 Å². The minimum Gasteiger partial charge on any atom is -0.329 e. The lowest BCUT2D eigenvalue weighted by Gasteiger charge is -2.31. The number of allylic oxidation sites excluding steroid dienone is 1. The van der Waals surface area contributed by atoms with E-state index in [9.17, 15) is 9.59 Å². The zero-order valence-corrected chi connectivity index (χ0v) is 17.7. The Labute approximate surface area is 185 Å². The zero-order chi connectivity index (χ0) is 21.5. The molecule has 5 rings (SSSR count). The molecule has 1 atom stereocenters. The average Bonchev–Trinajstić information content (AvgIpc) is 3.04. The molecule has 31 heavy (non-hydrogen) atoms. The molecular weight excluding hydrogens is 410 g/mol. The van der Waals surface area contributed by atoms with Crippen molar-refractivity contribution in [3.8, 4) is 0 Å². The van der Waals surface area contributed by atoms with E-state index in [0.29, 0.717) is 37.2 Å². The van der Waals surface area contributed by atoms with Crippen LogP contribution >= 0.6 is 11.6 Å². The summed E-state index contributed by atoms with van der Waals surface area (Å²) >= 11 is 6.26. The molecule has 156 valence electrons.